The molecule has 1 aliphatic heterocycles. The number of hydrogen-bond donors (Lipinski definition) is 1. The lowest BCUT2D eigenvalue weighted by atomic mass is 9.96. The Balaban J connectivity index is 1.80. The zero-order chi connectivity index (χ0) is 8.77. The number of ether oxygens (including phenoxy) is 1. The fourth-order valence-corrected chi connectivity index (χ4v) is 2.16. The Morgan fingerprint density at radius 2 is 2.08 bits per heavy atom. The quantitative estimate of drug-likeness (QED) is 0.679. The van der Waals surface area contributed by atoms with E-state index in [0.29, 0.717) is 17.9 Å². The molecule has 2 aliphatic rings. The van der Waals surface area contributed by atoms with Crippen LogP contribution in [0.25, 0.3) is 0 Å². The number of hydrogen-bond acceptors (Lipinski definition) is 2. The Labute approximate surface area is 73.9 Å². The smallest absolute Gasteiger partial charge is 0.0823 e. The minimum absolute atomic E-state index is 0.193. The van der Waals surface area contributed by atoms with Crippen LogP contribution in [0.5, 0.6) is 0 Å². The van der Waals surface area contributed by atoms with E-state index >= 15 is 0 Å². The highest BCUT2D eigenvalue weighted by molar-refractivity contribution is 4.97. The largest absolute Gasteiger partial charge is 0.390 e. The molecule has 12 heavy (non-hydrogen) atoms. The van der Waals surface area contributed by atoms with Crippen molar-refractivity contribution in [3.8, 4) is 0 Å². The SMILES string of the molecule is CC1(C)CC1C[C@@H]1COC[C@H]1O. The Morgan fingerprint density at radius 3 is 2.50 bits per heavy atom. The lowest BCUT2D eigenvalue weighted by Crippen LogP contribution is -2.18. The summed E-state index contributed by atoms with van der Waals surface area (Å²) < 4.78 is 5.22. The topological polar surface area (TPSA) is 29.5 Å². The molecule has 1 aliphatic carbocycles. The van der Waals surface area contributed by atoms with Crippen molar-refractivity contribution in [2.24, 2.45) is 17.3 Å². The molecule has 0 aromatic heterocycles. The predicted molar refractivity (Wildman–Crippen MR) is 46.8 cm³/mol. The van der Waals surface area contributed by atoms with Crippen LogP contribution in [0.3, 0.4) is 0 Å². The molecule has 2 fully saturated rings. The molecule has 70 valence electrons. The minimum atomic E-state index is -0.193. The van der Waals surface area contributed by atoms with Gasteiger partial charge in [0.25, 0.3) is 0 Å². The predicted octanol–water partition coefficient (Wildman–Crippen LogP) is 1.43. The number of rotatable bonds is 2. The van der Waals surface area contributed by atoms with Gasteiger partial charge in [0, 0.05) is 5.92 Å². The average molecular weight is 170 g/mol. The molecule has 0 radical (unpaired) electrons. The lowest BCUT2D eigenvalue weighted by molar-refractivity contribution is 0.115. The van der Waals surface area contributed by atoms with E-state index in [9.17, 15) is 5.11 Å². The van der Waals surface area contributed by atoms with Gasteiger partial charge in [0.1, 0.15) is 0 Å². The molecule has 2 rings (SSSR count). The van der Waals surface area contributed by atoms with Crippen molar-refractivity contribution in [3.05, 3.63) is 0 Å². The standard InChI is InChI=1S/C10H18O2/c1-10(2)4-8(10)3-7-5-12-6-9(7)11/h7-9,11H,3-6H2,1-2H3/t7-,8?,9-/m1/s1. The molecule has 1 N–H and O–H groups in total. The monoisotopic (exact) mass is 170 g/mol. The van der Waals surface area contributed by atoms with Gasteiger partial charge < -0.3 is 9.84 Å². The Hall–Kier alpha value is -0.0800. The van der Waals surface area contributed by atoms with Crippen LogP contribution in [-0.4, -0.2) is 24.4 Å². The molecule has 0 amide bonds. The second-order valence-corrected chi connectivity index (χ2v) is 4.99. The van der Waals surface area contributed by atoms with Crippen LogP contribution in [0.2, 0.25) is 0 Å². The third kappa shape index (κ3) is 1.50. The highest BCUT2D eigenvalue weighted by atomic mass is 16.5. The van der Waals surface area contributed by atoms with Crippen LogP contribution < -0.4 is 0 Å². The van der Waals surface area contributed by atoms with Crippen LogP contribution >= 0.6 is 0 Å². The van der Waals surface area contributed by atoms with Gasteiger partial charge in [0.05, 0.1) is 19.3 Å². The van der Waals surface area contributed by atoms with E-state index in [1.807, 2.05) is 0 Å². The summed E-state index contributed by atoms with van der Waals surface area (Å²) in [6, 6.07) is 0. The van der Waals surface area contributed by atoms with Gasteiger partial charge in [0.2, 0.25) is 0 Å². The molecule has 3 atom stereocenters. The first-order valence-corrected chi connectivity index (χ1v) is 4.85. The summed E-state index contributed by atoms with van der Waals surface area (Å²) in [6.45, 7) is 5.94. The maximum absolute atomic E-state index is 9.51. The highest BCUT2D eigenvalue weighted by Crippen LogP contribution is 2.55. The fraction of sp³-hybridized carbons (Fsp3) is 1.00. The molecule has 1 unspecified atom stereocenters. The van der Waals surface area contributed by atoms with Crippen molar-refractivity contribution >= 4 is 0 Å². The molecule has 1 saturated carbocycles. The van der Waals surface area contributed by atoms with Crippen molar-refractivity contribution in [2.75, 3.05) is 13.2 Å². The van der Waals surface area contributed by atoms with Crippen molar-refractivity contribution in [2.45, 2.75) is 32.8 Å². The van der Waals surface area contributed by atoms with Crippen LogP contribution in [0.4, 0.5) is 0 Å². The van der Waals surface area contributed by atoms with Crippen LogP contribution in [0.15, 0.2) is 0 Å². The van der Waals surface area contributed by atoms with E-state index < -0.39 is 0 Å². The van der Waals surface area contributed by atoms with E-state index in [4.69, 9.17) is 4.74 Å². The summed E-state index contributed by atoms with van der Waals surface area (Å²) in [6.07, 6.45) is 2.30. The Kier molecular flexibility index (Phi) is 1.92. The third-order valence-corrected chi connectivity index (χ3v) is 3.47. The van der Waals surface area contributed by atoms with Crippen LogP contribution in [-0.2, 0) is 4.74 Å². The van der Waals surface area contributed by atoms with Gasteiger partial charge in [-0.25, -0.2) is 0 Å². The second kappa shape index (κ2) is 2.71. The summed E-state index contributed by atoms with van der Waals surface area (Å²) >= 11 is 0. The first kappa shape index (κ1) is 8.52. The molecule has 0 aromatic carbocycles. The molecule has 2 nitrogen and oxygen atoms in total. The zero-order valence-corrected chi connectivity index (χ0v) is 7.92. The van der Waals surface area contributed by atoms with E-state index in [1.165, 1.54) is 6.42 Å². The number of aliphatic hydroxyl groups is 1. The van der Waals surface area contributed by atoms with Crippen molar-refractivity contribution < 1.29 is 9.84 Å². The second-order valence-electron chi connectivity index (χ2n) is 4.99. The van der Waals surface area contributed by atoms with Gasteiger partial charge in [-0.3, -0.25) is 0 Å². The fourth-order valence-electron chi connectivity index (χ4n) is 2.16. The maximum Gasteiger partial charge on any atom is 0.0823 e. The van der Waals surface area contributed by atoms with Crippen LogP contribution in [0, 0.1) is 17.3 Å². The lowest BCUT2D eigenvalue weighted by Gasteiger charge is -2.12. The molecule has 0 bridgehead atoms. The molecular weight excluding hydrogens is 152 g/mol. The summed E-state index contributed by atoms with van der Waals surface area (Å²) in [4.78, 5) is 0. The molecule has 2 heteroatoms. The van der Waals surface area contributed by atoms with E-state index in [2.05, 4.69) is 13.8 Å². The Morgan fingerprint density at radius 1 is 1.42 bits per heavy atom. The molecule has 0 spiro atoms. The normalized spacial score (nSPS) is 44.8. The average Bonchev–Trinajstić information content (AvgIpc) is 2.39. The maximum atomic E-state index is 9.51. The Bertz CT molecular complexity index is 177. The summed E-state index contributed by atoms with van der Waals surface area (Å²) in [5, 5.41) is 9.51. The molecule has 1 saturated heterocycles. The van der Waals surface area contributed by atoms with E-state index in [-0.39, 0.29) is 6.10 Å². The van der Waals surface area contributed by atoms with Crippen molar-refractivity contribution in [3.63, 3.8) is 0 Å². The molecule has 1 heterocycles. The zero-order valence-electron chi connectivity index (χ0n) is 7.92. The summed E-state index contributed by atoms with van der Waals surface area (Å²) in [5.41, 5.74) is 0.544. The van der Waals surface area contributed by atoms with Crippen molar-refractivity contribution in [1.29, 1.82) is 0 Å². The third-order valence-electron chi connectivity index (χ3n) is 3.47. The summed E-state index contributed by atoms with van der Waals surface area (Å²) in [5.74, 6) is 1.25. The van der Waals surface area contributed by atoms with Crippen LogP contribution in [0.1, 0.15) is 26.7 Å². The van der Waals surface area contributed by atoms with Gasteiger partial charge >= 0.3 is 0 Å². The molecule has 0 aromatic rings. The molecular formula is C10H18O2. The minimum Gasteiger partial charge on any atom is -0.390 e. The van der Waals surface area contributed by atoms with Gasteiger partial charge in [0.15, 0.2) is 0 Å². The first-order chi connectivity index (χ1) is 5.59. The summed E-state index contributed by atoms with van der Waals surface area (Å²) in [7, 11) is 0. The van der Waals surface area contributed by atoms with E-state index in [1.54, 1.807) is 0 Å². The number of aliphatic hydroxyl groups excluding tert-OH is 1. The van der Waals surface area contributed by atoms with Gasteiger partial charge in [-0.15, -0.1) is 0 Å². The van der Waals surface area contributed by atoms with Gasteiger partial charge in [-0.1, -0.05) is 13.8 Å². The first-order valence-electron chi connectivity index (χ1n) is 4.85. The highest BCUT2D eigenvalue weighted by Gasteiger charge is 2.47. The van der Waals surface area contributed by atoms with Gasteiger partial charge in [-0.05, 0) is 24.2 Å². The van der Waals surface area contributed by atoms with Gasteiger partial charge in [-0.2, -0.15) is 0 Å². The van der Waals surface area contributed by atoms with Crippen molar-refractivity contribution in [1.82, 2.24) is 0 Å². The van der Waals surface area contributed by atoms with E-state index in [0.717, 1.165) is 18.9 Å².